The fourth-order valence-electron chi connectivity index (χ4n) is 1.76. The zero-order chi connectivity index (χ0) is 14.2. The fraction of sp³-hybridized carbons (Fsp3) is 0.917. The van der Waals surface area contributed by atoms with Crippen LogP contribution in [0.25, 0.3) is 0 Å². The van der Waals surface area contributed by atoms with Crippen LogP contribution >= 0.6 is 0 Å². The zero-order valence-corrected chi connectivity index (χ0v) is 12.8. The molecule has 5 nitrogen and oxygen atoms in total. The lowest BCUT2D eigenvalue weighted by atomic mass is 10.2. The van der Waals surface area contributed by atoms with Crippen LogP contribution in [0.4, 0.5) is 0 Å². The van der Waals surface area contributed by atoms with Gasteiger partial charge in [0.1, 0.15) is 0 Å². The molecule has 0 aromatic rings. The molecule has 0 aromatic carbocycles. The van der Waals surface area contributed by atoms with Crippen molar-refractivity contribution in [2.45, 2.75) is 40.0 Å². The molecule has 1 fully saturated rings. The molecule has 0 aliphatic carbocycles. The van der Waals surface area contributed by atoms with Gasteiger partial charge in [-0.05, 0) is 6.42 Å². The molecule has 0 saturated carbocycles. The van der Waals surface area contributed by atoms with Crippen molar-refractivity contribution in [3.8, 4) is 0 Å². The summed E-state index contributed by atoms with van der Waals surface area (Å²) >= 11 is 0. The van der Waals surface area contributed by atoms with E-state index in [0.717, 1.165) is 12.8 Å². The van der Waals surface area contributed by atoms with Gasteiger partial charge < -0.3 is 4.90 Å². The monoisotopic (exact) mass is 278 g/mol. The van der Waals surface area contributed by atoms with Crippen LogP contribution in [0.3, 0.4) is 0 Å². The summed E-state index contributed by atoms with van der Waals surface area (Å²) in [7, 11) is -3.10. The van der Waals surface area contributed by atoms with E-state index >= 15 is 0 Å². The van der Waals surface area contributed by atoms with Gasteiger partial charge in [-0.3, -0.25) is 4.79 Å². The minimum absolute atomic E-state index is 0.148. The highest BCUT2D eigenvalue weighted by Crippen LogP contribution is 2.08. The molecule has 0 unspecified atom stereocenters. The summed E-state index contributed by atoms with van der Waals surface area (Å²) in [6.45, 7) is 7.95. The van der Waals surface area contributed by atoms with Gasteiger partial charge in [0.25, 0.3) is 0 Å². The van der Waals surface area contributed by atoms with Crippen LogP contribution in [-0.2, 0) is 14.8 Å². The first-order valence-electron chi connectivity index (χ1n) is 6.68. The smallest absolute Gasteiger partial charge is 0.222 e. The number of nitrogens with zero attached hydrogens (tertiary/aromatic N) is 2. The van der Waals surface area contributed by atoms with E-state index in [9.17, 15) is 13.2 Å². The number of sulfonamides is 1. The van der Waals surface area contributed by atoms with Crippen molar-refractivity contribution < 1.29 is 13.2 Å². The maximum absolute atomic E-state index is 11.7. The van der Waals surface area contributed by atoms with E-state index in [0.29, 0.717) is 32.6 Å². The van der Waals surface area contributed by atoms with Gasteiger partial charge in [0, 0.05) is 32.6 Å². The average molecular weight is 278 g/mol. The molecule has 1 saturated heterocycles. The SMILES string of the molecule is CC.CCCCC(=O)N1CCN(S(C)(=O)=O)CC1. The molecule has 1 aliphatic heterocycles. The van der Waals surface area contributed by atoms with Crippen molar-refractivity contribution in [1.29, 1.82) is 0 Å². The third-order valence-corrected chi connectivity index (χ3v) is 4.11. The molecule has 0 N–H and O–H groups in total. The maximum atomic E-state index is 11.7. The van der Waals surface area contributed by atoms with Gasteiger partial charge in [-0.15, -0.1) is 0 Å². The van der Waals surface area contributed by atoms with Gasteiger partial charge in [-0.1, -0.05) is 27.2 Å². The molecule has 108 valence electrons. The molecule has 6 heteroatoms. The predicted molar refractivity (Wildman–Crippen MR) is 73.9 cm³/mol. The number of carbonyl (C=O) groups excluding carboxylic acids is 1. The summed E-state index contributed by atoms with van der Waals surface area (Å²) < 4.78 is 23.9. The molecule has 0 aromatic heterocycles. The molecule has 0 spiro atoms. The second-order valence-corrected chi connectivity index (χ2v) is 6.13. The van der Waals surface area contributed by atoms with Gasteiger partial charge in [0.2, 0.25) is 15.9 Å². The van der Waals surface area contributed by atoms with Crippen molar-refractivity contribution in [3.05, 3.63) is 0 Å². The van der Waals surface area contributed by atoms with Crippen molar-refractivity contribution in [2.24, 2.45) is 0 Å². The standard InChI is InChI=1S/C10H20N2O3S.C2H6/c1-3-4-5-10(13)11-6-8-12(9-7-11)16(2,14)15;1-2/h3-9H2,1-2H3;1-2H3. The number of amides is 1. The summed E-state index contributed by atoms with van der Waals surface area (Å²) in [5.74, 6) is 0.148. The van der Waals surface area contributed by atoms with Crippen molar-refractivity contribution in [2.75, 3.05) is 32.4 Å². The molecular formula is C12H26N2O3S. The quantitative estimate of drug-likeness (QED) is 0.779. The van der Waals surface area contributed by atoms with Crippen molar-refractivity contribution in [1.82, 2.24) is 9.21 Å². The molecule has 1 heterocycles. The molecule has 1 rings (SSSR count). The Kier molecular flexibility index (Phi) is 8.18. The number of rotatable bonds is 4. The van der Waals surface area contributed by atoms with Gasteiger partial charge in [0.15, 0.2) is 0 Å². The number of piperazine rings is 1. The summed E-state index contributed by atoms with van der Waals surface area (Å²) in [5, 5.41) is 0. The minimum Gasteiger partial charge on any atom is -0.340 e. The van der Waals surface area contributed by atoms with Crippen LogP contribution < -0.4 is 0 Å². The first-order chi connectivity index (χ1) is 8.45. The Balaban J connectivity index is 0.00000137. The van der Waals surface area contributed by atoms with E-state index in [1.54, 1.807) is 4.90 Å². The van der Waals surface area contributed by atoms with E-state index in [-0.39, 0.29) is 5.91 Å². The Labute approximate surface area is 111 Å². The highest BCUT2D eigenvalue weighted by atomic mass is 32.2. The highest BCUT2D eigenvalue weighted by molar-refractivity contribution is 7.88. The second-order valence-electron chi connectivity index (χ2n) is 4.15. The van der Waals surface area contributed by atoms with E-state index in [1.807, 2.05) is 13.8 Å². The van der Waals surface area contributed by atoms with E-state index in [1.165, 1.54) is 10.6 Å². The van der Waals surface area contributed by atoms with Crippen molar-refractivity contribution in [3.63, 3.8) is 0 Å². The van der Waals surface area contributed by atoms with Crippen LogP contribution in [0.5, 0.6) is 0 Å². The molecule has 1 aliphatic rings. The van der Waals surface area contributed by atoms with Gasteiger partial charge in [0.05, 0.1) is 6.26 Å². The molecular weight excluding hydrogens is 252 g/mol. The van der Waals surface area contributed by atoms with E-state index < -0.39 is 10.0 Å². The van der Waals surface area contributed by atoms with Gasteiger partial charge in [-0.25, -0.2) is 8.42 Å². The lowest BCUT2D eigenvalue weighted by molar-refractivity contribution is -0.132. The van der Waals surface area contributed by atoms with Crippen LogP contribution in [0, 0.1) is 0 Å². The maximum Gasteiger partial charge on any atom is 0.222 e. The largest absolute Gasteiger partial charge is 0.340 e. The Morgan fingerprint density at radius 1 is 1.11 bits per heavy atom. The third kappa shape index (κ3) is 5.82. The average Bonchev–Trinajstić information content (AvgIpc) is 2.37. The highest BCUT2D eigenvalue weighted by Gasteiger charge is 2.25. The van der Waals surface area contributed by atoms with Crippen molar-refractivity contribution >= 4 is 15.9 Å². The molecule has 0 bridgehead atoms. The molecule has 0 radical (unpaired) electrons. The Hall–Kier alpha value is -0.620. The molecule has 1 amide bonds. The number of unbranched alkanes of at least 4 members (excludes halogenated alkanes) is 1. The van der Waals surface area contributed by atoms with Gasteiger partial charge in [-0.2, -0.15) is 4.31 Å². The van der Waals surface area contributed by atoms with E-state index in [2.05, 4.69) is 6.92 Å². The second kappa shape index (κ2) is 8.48. The van der Waals surface area contributed by atoms with Crippen LogP contribution in [0.1, 0.15) is 40.0 Å². The number of hydrogen-bond acceptors (Lipinski definition) is 3. The minimum atomic E-state index is -3.10. The Morgan fingerprint density at radius 3 is 2.00 bits per heavy atom. The molecule has 0 atom stereocenters. The summed E-state index contributed by atoms with van der Waals surface area (Å²) in [5.41, 5.74) is 0. The molecule has 18 heavy (non-hydrogen) atoms. The first-order valence-corrected chi connectivity index (χ1v) is 8.53. The number of hydrogen-bond donors (Lipinski definition) is 0. The summed E-state index contributed by atoms with van der Waals surface area (Å²) in [6, 6.07) is 0. The summed E-state index contributed by atoms with van der Waals surface area (Å²) in [6.07, 6.45) is 3.71. The zero-order valence-electron chi connectivity index (χ0n) is 12.0. The first kappa shape index (κ1) is 17.4. The normalized spacial score (nSPS) is 17.0. The Morgan fingerprint density at radius 2 is 1.61 bits per heavy atom. The lowest BCUT2D eigenvalue weighted by Crippen LogP contribution is -2.50. The van der Waals surface area contributed by atoms with Crippen LogP contribution in [-0.4, -0.2) is 56.0 Å². The van der Waals surface area contributed by atoms with Crippen LogP contribution in [0.2, 0.25) is 0 Å². The lowest BCUT2D eigenvalue weighted by Gasteiger charge is -2.33. The topological polar surface area (TPSA) is 57.7 Å². The fourth-order valence-corrected chi connectivity index (χ4v) is 2.58. The van der Waals surface area contributed by atoms with Gasteiger partial charge >= 0.3 is 0 Å². The number of carbonyl (C=O) groups is 1. The van der Waals surface area contributed by atoms with E-state index in [4.69, 9.17) is 0 Å². The summed E-state index contributed by atoms with van der Waals surface area (Å²) in [4.78, 5) is 13.4. The predicted octanol–water partition coefficient (Wildman–Crippen LogP) is 1.31. The Bertz CT molecular complexity index is 333. The van der Waals surface area contributed by atoms with Crippen LogP contribution in [0.15, 0.2) is 0 Å². The third-order valence-electron chi connectivity index (χ3n) is 2.80.